The zero-order valence-electron chi connectivity index (χ0n) is 8.84. The molecule has 0 aromatic heterocycles. The Morgan fingerprint density at radius 3 is 2.69 bits per heavy atom. The molecule has 2 heteroatoms. The Bertz CT molecular complexity index is 214. The van der Waals surface area contributed by atoms with E-state index in [1.54, 1.807) is 7.05 Å². The van der Waals surface area contributed by atoms with E-state index in [0.29, 0.717) is 0 Å². The molecule has 0 N–H and O–H groups in total. The molecule has 0 heterocycles. The van der Waals surface area contributed by atoms with Crippen LogP contribution in [0.4, 0.5) is 0 Å². The summed E-state index contributed by atoms with van der Waals surface area (Å²) in [5.74, 6) is 1.93. The van der Waals surface area contributed by atoms with E-state index >= 15 is 0 Å². The summed E-state index contributed by atoms with van der Waals surface area (Å²) in [6.07, 6.45) is 6.00. The Kier molecular flexibility index (Phi) is 4.00. The Balaban J connectivity index is 2.14. The summed E-state index contributed by atoms with van der Waals surface area (Å²) in [6, 6.07) is 0. The van der Waals surface area contributed by atoms with Crippen LogP contribution in [-0.2, 0) is 4.74 Å². The largest absolute Gasteiger partial charge is 0.498 e. The first-order chi connectivity index (χ1) is 6.22. The molecule has 1 aliphatic rings. The number of allylic oxidation sites excluding steroid dienone is 2. The molecule has 1 fully saturated rings. The van der Waals surface area contributed by atoms with Crippen molar-refractivity contribution in [1.29, 1.82) is 0 Å². The van der Waals surface area contributed by atoms with Crippen LogP contribution in [0.1, 0.15) is 33.1 Å². The lowest BCUT2D eigenvalue weighted by Crippen LogP contribution is -1.95. The molecular weight excluding hydrogens is 162 g/mol. The van der Waals surface area contributed by atoms with Gasteiger partial charge in [-0.05, 0) is 32.3 Å². The standard InChI is InChI=1S/C11H19NO/c1-9(12-3)8-10(2)13-7-6-11-4-5-11/h8,11H,4-7H2,1-3H3/b10-8+,12-9?. The van der Waals surface area contributed by atoms with Crippen molar-refractivity contribution in [3.63, 3.8) is 0 Å². The number of ether oxygens (including phenoxy) is 1. The summed E-state index contributed by atoms with van der Waals surface area (Å²) in [7, 11) is 1.79. The maximum atomic E-state index is 5.55. The molecule has 1 aliphatic carbocycles. The van der Waals surface area contributed by atoms with Gasteiger partial charge in [-0.15, -0.1) is 0 Å². The summed E-state index contributed by atoms with van der Waals surface area (Å²) >= 11 is 0. The molecule has 1 rings (SSSR count). The zero-order valence-corrected chi connectivity index (χ0v) is 8.84. The monoisotopic (exact) mass is 181 g/mol. The quantitative estimate of drug-likeness (QED) is 0.472. The average Bonchev–Trinajstić information content (AvgIpc) is 2.88. The predicted octanol–water partition coefficient (Wildman–Crippen LogP) is 2.80. The van der Waals surface area contributed by atoms with E-state index in [0.717, 1.165) is 24.0 Å². The molecule has 0 spiro atoms. The summed E-state index contributed by atoms with van der Waals surface area (Å²) in [6.45, 7) is 4.83. The number of hydrogen-bond acceptors (Lipinski definition) is 2. The van der Waals surface area contributed by atoms with Gasteiger partial charge in [0.15, 0.2) is 0 Å². The Morgan fingerprint density at radius 1 is 1.46 bits per heavy atom. The summed E-state index contributed by atoms with van der Waals surface area (Å²) in [5, 5.41) is 0. The first-order valence-corrected chi connectivity index (χ1v) is 4.97. The van der Waals surface area contributed by atoms with E-state index < -0.39 is 0 Å². The van der Waals surface area contributed by atoms with Crippen LogP contribution in [0.3, 0.4) is 0 Å². The first-order valence-electron chi connectivity index (χ1n) is 4.97. The maximum Gasteiger partial charge on any atom is 0.0946 e. The third-order valence-corrected chi connectivity index (χ3v) is 2.32. The van der Waals surface area contributed by atoms with Gasteiger partial charge < -0.3 is 4.74 Å². The zero-order chi connectivity index (χ0) is 9.68. The minimum absolute atomic E-state index is 0.865. The molecule has 0 aromatic carbocycles. The molecule has 2 nitrogen and oxygen atoms in total. The lowest BCUT2D eigenvalue weighted by molar-refractivity contribution is 0.205. The van der Waals surface area contributed by atoms with Crippen LogP contribution in [0.15, 0.2) is 16.8 Å². The van der Waals surface area contributed by atoms with Crippen LogP contribution >= 0.6 is 0 Å². The van der Waals surface area contributed by atoms with Crippen LogP contribution in [0.25, 0.3) is 0 Å². The van der Waals surface area contributed by atoms with Gasteiger partial charge in [0.25, 0.3) is 0 Å². The summed E-state index contributed by atoms with van der Waals surface area (Å²) < 4.78 is 5.55. The highest BCUT2D eigenvalue weighted by Gasteiger charge is 2.20. The second kappa shape index (κ2) is 5.05. The van der Waals surface area contributed by atoms with Crippen molar-refractivity contribution in [1.82, 2.24) is 0 Å². The van der Waals surface area contributed by atoms with Crippen molar-refractivity contribution >= 4 is 5.71 Å². The van der Waals surface area contributed by atoms with Crippen molar-refractivity contribution in [3.8, 4) is 0 Å². The van der Waals surface area contributed by atoms with Gasteiger partial charge in [0.1, 0.15) is 0 Å². The molecule has 0 saturated heterocycles. The third kappa shape index (κ3) is 4.71. The number of rotatable bonds is 5. The molecule has 0 aliphatic heterocycles. The number of hydrogen-bond donors (Lipinski definition) is 0. The van der Waals surface area contributed by atoms with Gasteiger partial charge in [0, 0.05) is 12.8 Å². The molecule has 0 radical (unpaired) electrons. The van der Waals surface area contributed by atoms with E-state index in [-0.39, 0.29) is 0 Å². The van der Waals surface area contributed by atoms with Crippen molar-refractivity contribution in [2.45, 2.75) is 33.1 Å². The fraction of sp³-hybridized carbons (Fsp3) is 0.727. The van der Waals surface area contributed by atoms with Crippen LogP contribution < -0.4 is 0 Å². The number of aliphatic imine (C=N–C) groups is 1. The average molecular weight is 181 g/mol. The van der Waals surface area contributed by atoms with E-state index in [9.17, 15) is 0 Å². The van der Waals surface area contributed by atoms with Crippen LogP contribution in [0.2, 0.25) is 0 Å². The summed E-state index contributed by atoms with van der Waals surface area (Å²) in [5.41, 5.74) is 1.02. The van der Waals surface area contributed by atoms with E-state index in [1.165, 1.54) is 19.3 Å². The van der Waals surface area contributed by atoms with Crippen molar-refractivity contribution in [2.24, 2.45) is 10.9 Å². The molecule has 0 bridgehead atoms. The van der Waals surface area contributed by atoms with Gasteiger partial charge in [-0.3, -0.25) is 4.99 Å². The lowest BCUT2D eigenvalue weighted by Gasteiger charge is -2.04. The second-order valence-corrected chi connectivity index (χ2v) is 3.70. The normalized spacial score (nSPS) is 19.0. The highest BCUT2D eigenvalue weighted by atomic mass is 16.5. The molecule has 0 amide bonds. The van der Waals surface area contributed by atoms with E-state index in [4.69, 9.17) is 4.74 Å². The topological polar surface area (TPSA) is 21.6 Å². The Morgan fingerprint density at radius 2 is 2.15 bits per heavy atom. The highest BCUT2D eigenvalue weighted by Crippen LogP contribution is 2.32. The van der Waals surface area contributed by atoms with Crippen molar-refractivity contribution < 1.29 is 4.74 Å². The molecule has 74 valence electrons. The van der Waals surface area contributed by atoms with Crippen LogP contribution in [0.5, 0.6) is 0 Å². The third-order valence-electron chi connectivity index (χ3n) is 2.32. The maximum absolute atomic E-state index is 5.55. The highest BCUT2D eigenvalue weighted by molar-refractivity contribution is 5.92. The fourth-order valence-electron chi connectivity index (χ4n) is 1.19. The molecule has 0 atom stereocenters. The summed E-state index contributed by atoms with van der Waals surface area (Å²) in [4.78, 5) is 4.04. The molecule has 0 unspecified atom stereocenters. The van der Waals surface area contributed by atoms with E-state index in [2.05, 4.69) is 4.99 Å². The predicted molar refractivity (Wildman–Crippen MR) is 56.1 cm³/mol. The van der Waals surface area contributed by atoms with Crippen molar-refractivity contribution in [2.75, 3.05) is 13.7 Å². The minimum Gasteiger partial charge on any atom is -0.498 e. The molecule has 1 saturated carbocycles. The van der Waals surface area contributed by atoms with Gasteiger partial charge in [-0.25, -0.2) is 0 Å². The van der Waals surface area contributed by atoms with Gasteiger partial charge in [0.2, 0.25) is 0 Å². The lowest BCUT2D eigenvalue weighted by atomic mass is 10.3. The molecule has 0 aromatic rings. The van der Waals surface area contributed by atoms with Gasteiger partial charge in [-0.2, -0.15) is 0 Å². The molecular formula is C11H19NO. The van der Waals surface area contributed by atoms with Gasteiger partial charge in [0.05, 0.1) is 12.4 Å². The van der Waals surface area contributed by atoms with E-state index in [1.807, 2.05) is 19.9 Å². The SMILES string of the molecule is CN=C(C)/C=C(\C)OCCC1CC1. The number of nitrogens with zero attached hydrogens (tertiary/aromatic N) is 1. The van der Waals surface area contributed by atoms with Crippen LogP contribution in [-0.4, -0.2) is 19.4 Å². The van der Waals surface area contributed by atoms with Crippen molar-refractivity contribution in [3.05, 3.63) is 11.8 Å². The van der Waals surface area contributed by atoms with Crippen LogP contribution in [0, 0.1) is 5.92 Å². The molecule has 13 heavy (non-hydrogen) atoms. The first kappa shape index (κ1) is 10.3. The fourth-order valence-corrected chi connectivity index (χ4v) is 1.19. The Labute approximate surface area is 80.7 Å². The van der Waals surface area contributed by atoms with Gasteiger partial charge >= 0.3 is 0 Å². The van der Waals surface area contributed by atoms with Gasteiger partial charge in [-0.1, -0.05) is 12.8 Å². The second-order valence-electron chi connectivity index (χ2n) is 3.70. The smallest absolute Gasteiger partial charge is 0.0946 e. The Hall–Kier alpha value is -0.790. The minimum atomic E-state index is 0.865.